The first-order valence-corrected chi connectivity index (χ1v) is 22.1. The van der Waals surface area contributed by atoms with Crippen LogP contribution in [0.3, 0.4) is 0 Å². The van der Waals surface area contributed by atoms with Crippen molar-refractivity contribution in [2.75, 3.05) is 7.11 Å². The van der Waals surface area contributed by atoms with Gasteiger partial charge in [-0.15, -0.1) is 0 Å². The van der Waals surface area contributed by atoms with Gasteiger partial charge in [-0.2, -0.15) is 0 Å². The van der Waals surface area contributed by atoms with Crippen LogP contribution in [-0.4, -0.2) is 41.6 Å². The van der Waals surface area contributed by atoms with E-state index in [0.29, 0.717) is 47.8 Å². The predicted molar refractivity (Wildman–Crippen MR) is 224 cm³/mol. The van der Waals surface area contributed by atoms with E-state index in [-0.39, 0.29) is 57.0 Å². The lowest BCUT2D eigenvalue weighted by Crippen LogP contribution is -2.67. The van der Waals surface area contributed by atoms with Gasteiger partial charge in [0.05, 0.1) is 24.2 Å². The second-order valence-electron chi connectivity index (χ2n) is 21.2. The lowest BCUT2D eigenvalue weighted by Gasteiger charge is -2.72. The van der Waals surface area contributed by atoms with Crippen LogP contribution in [0.1, 0.15) is 150 Å². The maximum Gasteiger partial charge on any atom is 0.337 e. The molecule has 2 amide bonds. The number of nitrogens with one attached hydrogen (secondary N) is 2. The van der Waals surface area contributed by atoms with Crippen molar-refractivity contribution in [2.45, 2.75) is 143 Å². The van der Waals surface area contributed by atoms with Gasteiger partial charge in [0.1, 0.15) is 0 Å². The van der Waals surface area contributed by atoms with Crippen LogP contribution >= 0.6 is 0 Å². The third kappa shape index (κ3) is 6.34. The number of fused-ring (bicyclic) bond motifs is 7. The molecule has 2 aromatic carbocycles. The third-order valence-electron chi connectivity index (χ3n) is 18.3. The molecule has 0 heterocycles. The molecule has 8 rings (SSSR count). The molecular weight excluding hydrogens is 709 g/mol. The van der Waals surface area contributed by atoms with Crippen LogP contribution in [0.2, 0.25) is 0 Å². The summed E-state index contributed by atoms with van der Waals surface area (Å²) in [5, 5.41) is 17.9. The van der Waals surface area contributed by atoms with Gasteiger partial charge in [0, 0.05) is 17.6 Å². The monoisotopic (exact) mass is 777 g/mol. The van der Waals surface area contributed by atoms with Crippen LogP contribution in [0.4, 0.5) is 0 Å². The number of benzene rings is 2. The van der Waals surface area contributed by atoms with Gasteiger partial charge >= 0.3 is 5.97 Å². The van der Waals surface area contributed by atoms with Gasteiger partial charge < -0.3 is 20.5 Å². The molecule has 0 bridgehead atoms. The molecule has 308 valence electrons. The van der Waals surface area contributed by atoms with Crippen molar-refractivity contribution in [3.05, 3.63) is 82.9 Å². The van der Waals surface area contributed by atoms with Crippen molar-refractivity contribution in [3.8, 4) is 0 Å². The van der Waals surface area contributed by atoms with E-state index in [1.807, 2.05) is 42.5 Å². The number of carbonyl (C=O) groups excluding carboxylic acids is 3. The normalized spacial score (nSPS) is 38.3. The van der Waals surface area contributed by atoms with Crippen LogP contribution in [0.15, 0.2) is 60.7 Å². The van der Waals surface area contributed by atoms with Crippen LogP contribution < -0.4 is 10.6 Å². The average molecular weight is 777 g/mol. The predicted octanol–water partition coefficient (Wildman–Crippen LogP) is 9.61. The fourth-order valence-electron chi connectivity index (χ4n) is 14.8. The van der Waals surface area contributed by atoms with E-state index < -0.39 is 5.41 Å². The van der Waals surface area contributed by atoms with E-state index >= 15 is 0 Å². The number of aliphatic hydroxyl groups excluding tert-OH is 1. The Labute approximate surface area is 341 Å². The highest BCUT2D eigenvalue weighted by Gasteiger charge is 2.71. The number of allylic oxidation sites excluding steroid dienone is 1. The maximum atomic E-state index is 14.8. The second kappa shape index (κ2) is 14.1. The summed E-state index contributed by atoms with van der Waals surface area (Å²) in [7, 11) is 1.38. The van der Waals surface area contributed by atoms with Crippen molar-refractivity contribution < 1.29 is 24.2 Å². The Balaban J connectivity index is 0.976. The van der Waals surface area contributed by atoms with Crippen molar-refractivity contribution in [1.82, 2.24) is 10.6 Å². The standard InChI is InChI=1S/C50H68N2O5/c1-31(2)36-17-22-50(26-23-47(6)37(41(36)50)15-16-39-46(5)20-19-40(53)45(3,4)38(46)18-21-48(39,47)7)44(56)51-30-33-12-10-13-34(28-33)42(54)52-49(24-25-49)29-32-11-9-14-35(27-32)43(55)57-8/h9-14,27-28,36-41,53H,1,15-26,29-30H2,2-8H3,(H,51,56)(H,52,54)/t36-,37?,38?,39+,40-,41+,46-,47+,48+,50-/m0/s1. The largest absolute Gasteiger partial charge is 0.465 e. The lowest BCUT2D eigenvalue weighted by atomic mass is 9.32. The zero-order valence-corrected chi connectivity index (χ0v) is 35.8. The SMILES string of the molecule is C=C(C)[C@@H]1CC[C@]2(C(=O)NCc3cccc(C(=O)NC4(Cc5cccc(C(=O)OC)c5)CC4)c3)CC[C@]3(C)C(CC[C@@H]4[C@@]5(C)CC[C@H](O)C(C)(C)C5CC[C@]43C)[C@@H]12. The Morgan fingerprint density at radius 2 is 1.49 bits per heavy atom. The van der Waals surface area contributed by atoms with Crippen LogP contribution in [0.25, 0.3) is 0 Å². The molecule has 6 fully saturated rings. The van der Waals surface area contributed by atoms with E-state index in [4.69, 9.17) is 4.74 Å². The van der Waals surface area contributed by atoms with E-state index in [0.717, 1.165) is 62.5 Å². The van der Waals surface area contributed by atoms with Gasteiger partial charge in [-0.25, -0.2) is 4.79 Å². The molecule has 7 heteroatoms. The van der Waals surface area contributed by atoms with E-state index in [1.165, 1.54) is 38.4 Å². The summed E-state index contributed by atoms with van der Waals surface area (Å²) in [6, 6.07) is 15.1. The van der Waals surface area contributed by atoms with Gasteiger partial charge in [-0.1, -0.05) is 71.0 Å². The first kappa shape index (κ1) is 40.3. The minimum absolute atomic E-state index is 0.0633. The average Bonchev–Trinajstić information content (AvgIpc) is 3.80. The highest BCUT2D eigenvalue weighted by atomic mass is 16.5. The van der Waals surface area contributed by atoms with Gasteiger partial charge in [0.25, 0.3) is 5.91 Å². The Kier molecular flexibility index (Phi) is 9.97. The Morgan fingerprint density at radius 3 is 2.19 bits per heavy atom. The number of hydrogen-bond acceptors (Lipinski definition) is 5. The number of ether oxygens (including phenoxy) is 1. The number of aliphatic hydroxyl groups is 1. The molecule has 0 aromatic heterocycles. The van der Waals surface area contributed by atoms with E-state index in [9.17, 15) is 19.5 Å². The highest BCUT2D eigenvalue weighted by molar-refractivity contribution is 5.95. The van der Waals surface area contributed by atoms with Crippen molar-refractivity contribution in [2.24, 2.45) is 56.7 Å². The molecule has 2 aromatic rings. The molecule has 0 saturated heterocycles. The zero-order chi connectivity index (χ0) is 40.8. The topological polar surface area (TPSA) is 105 Å². The minimum Gasteiger partial charge on any atom is -0.465 e. The van der Waals surface area contributed by atoms with Crippen LogP contribution in [0, 0.1) is 56.7 Å². The molecule has 6 saturated carbocycles. The van der Waals surface area contributed by atoms with Gasteiger partial charge in [-0.3, -0.25) is 9.59 Å². The summed E-state index contributed by atoms with van der Waals surface area (Å²) in [6.07, 6.45) is 12.9. The minimum atomic E-state index is -0.409. The molecule has 7 nitrogen and oxygen atoms in total. The highest BCUT2D eigenvalue weighted by Crippen LogP contribution is 2.77. The first-order chi connectivity index (χ1) is 26.9. The van der Waals surface area contributed by atoms with Crippen LogP contribution in [0.5, 0.6) is 0 Å². The summed E-state index contributed by atoms with van der Waals surface area (Å²) in [5.41, 5.74) is 4.00. The van der Waals surface area contributed by atoms with Crippen molar-refractivity contribution in [3.63, 3.8) is 0 Å². The molecule has 6 aliphatic rings. The maximum absolute atomic E-state index is 14.8. The lowest BCUT2D eigenvalue weighted by molar-refractivity contribution is -0.246. The third-order valence-corrected chi connectivity index (χ3v) is 18.3. The number of amides is 2. The van der Waals surface area contributed by atoms with Gasteiger partial charge in [-0.05, 0) is 177 Å². The summed E-state index contributed by atoms with van der Waals surface area (Å²) in [4.78, 5) is 40.6. The Morgan fingerprint density at radius 1 is 0.789 bits per heavy atom. The number of rotatable bonds is 9. The number of hydrogen-bond donors (Lipinski definition) is 3. The number of methoxy groups -OCH3 is 1. The van der Waals surface area contributed by atoms with E-state index in [2.05, 4.69) is 58.8 Å². The van der Waals surface area contributed by atoms with Gasteiger partial charge in [0.2, 0.25) is 5.91 Å². The molecule has 10 atom stereocenters. The number of esters is 1. The Bertz CT molecular complexity index is 1950. The molecule has 6 aliphatic carbocycles. The van der Waals surface area contributed by atoms with Crippen molar-refractivity contribution >= 4 is 17.8 Å². The number of carbonyl (C=O) groups is 3. The quantitative estimate of drug-likeness (QED) is 0.174. The Hall–Kier alpha value is -3.45. The van der Waals surface area contributed by atoms with Crippen molar-refractivity contribution in [1.29, 1.82) is 0 Å². The summed E-state index contributed by atoms with van der Waals surface area (Å²) in [5.74, 6) is 1.96. The molecule has 3 N–H and O–H groups in total. The fourth-order valence-corrected chi connectivity index (χ4v) is 14.8. The summed E-state index contributed by atoms with van der Waals surface area (Å²) in [6.45, 7) is 19.6. The zero-order valence-electron chi connectivity index (χ0n) is 35.8. The molecule has 0 aliphatic heterocycles. The smallest absolute Gasteiger partial charge is 0.337 e. The van der Waals surface area contributed by atoms with E-state index in [1.54, 1.807) is 6.07 Å². The molecule has 0 spiro atoms. The molecule has 2 unspecified atom stereocenters. The molecule has 57 heavy (non-hydrogen) atoms. The first-order valence-electron chi connectivity index (χ1n) is 22.1. The summed E-state index contributed by atoms with van der Waals surface area (Å²) < 4.78 is 4.90. The summed E-state index contributed by atoms with van der Waals surface area (Å²) >= 11 is 0. The second-order valence-corrected chi connectivity index (χ2v) is 21.2. The molecular formula is C50H68N2O5. The van der Waals surface area contributed by atoms with Gasteiger partial charge in [0.15, 0.2) is 0 Å². The van der Waals surface area contributed by atoms with Crippen LogP contribution in [-0.2, 0) is 22.5 Å². The molecule has 0 radical (unpaired) electrons. The fraction of sp³-hybridized carbons (Fsp3) is 0.660.